The minimum atomic E-state index is -0.475. The van der Waals surface area contributed by atoms with E-state index in [1.165, 1.54) is 0 Å². The van der Waals surface area contributed by atoms with Crippen molar-refractivity contribution in [1.29, 1.82) is 0 Å². The molecule has 100 valence electrons. The van der Waals surface area contributed by atoms with Crippen molar-refractivity contribution >= 4 is 6.09 Å². The normalized spacial score (nSPS) is 23.4. The lowest BCUT2D eigenvalue weighted by Crippen LogP contribution is -2.55. The SMILES string of the molecule is CC(O)CC1CNCCN1C(=O)OC(C)(C)C. The van der Waals surface area contributed by atoms with Gasteiger partial charge in [-0.05, 0) is 34.1 Å². The van der Waals surface area contributed by atoms with Gasteiger partial charge in [0.25, 0.3) is 0 Å². The maximum atomic E-state index is 12.0. The number of amides is 1. The molecule has 0 aromatic heterocycles. The quantitative estimate of drug-likeness (QED) is 0.759. The van der Waals surface area contributed by atoms with Gasteiger partial charge in [0.1, 0.15) is 5.60 Å². The van der Waals surface area contributed by atoms with E-state index >= 15 is 0 Å². The van der Waals surface area contributed by atoms with Gasteiger partial charge in [-0.3, -0.25) is 0 Å². The highest BCUT2D eigenvalue weighted by molar-refractivity contribution is 5.68. The van der Waals surface area contributed by atoms with Crippen LogP contribution < -0.4 is 5.32 Å². The minimum absolute atomic E-state index is 0.0126. The second-order valence-electron chi connectivity index (χ2n) is 5.62. The molecule has 1 fully saturated rings. The molecule has 0 bridgehead atoms. The molecule has 1 aliphatic heterocycles. The van der Waals surface area contributed by atoms with Crippen molar-refractivity contribution in [3.8, 4) is 0 Å². The Balaban J connectivity index is 2.61. The first kappa shape index (κ1) is 14.3. The summed E-state index contributed by atoms with van der Waals surface area (Å²) < 4.78 is 5.37. The van der Waals surface area contributed by atoms with Gasteiger partial charge in [0.05, 0.1) is 6.10 Å². The van der Waals surface area contributed by atoms with Crippen molar-refractivity contribution in [2.75, 3.05) is 19.6 Å². The van der Waals surface area contributed by atoms with E-state index < -0.39 is 11.7 Å². The molecule has 1 saturated heterocycles. The van der Waals surface area contributed by atoms with Gasteiger partial charge in [0.15, 0.2) is 0 Å². The first-order chi connectivity index (χ1) is 7.79. The van der Waals surface area contributed by atoms with Crippen molar-refractivity contribution in [2.24, 2.45) is 0 Å². The van der Waals surface area contributed by atoms with Crippen molar-refractivity contribution in [1.82, 2.24) is 10.2 Å². The fourth-order valence-corrected chi connectivity index (χ4v) is 1.93. The molecule has 17 heavy (non-hydrogen) atoms. The number of aliphatic hydroxyl groups is 1. The van der Waals surface area contributed by atoms with Gasteiger partial charge in [0, 0.05) is 25.7 Å². The Kier molecular flexibility index (Phi) is 4.77. The number of nitrogens with one attached hydrogen (secondary N) is 1. The van der Waals surface area contributed by atoms with E-state index in [-0.39, 0.29) is 12.1 Å². The zero-order valence-corrected chi connectivity index (χ0v) is 11.2. The third-order valence-corrected chi connectivity index (χ3v) is 2.59. The Bertz CT molecular complexity index is 261. The first-order valence-electron chi connectivity index (χ1n) is 6.18. The first-order valence-corrected chi connectivity index (χ1v) is 6.18. The molecule has 2 atom stereocenters. The Labute approximate surface area is 103 Å². The molecule has 1 heterocycles. The minimum Gasteiger partial charge on any atom is -0.444 e. The summed E-state index contributed by atoms with van der Waals surface area (Å²) in [6.45, 7) is 9.43. The van der Waals surface area contributed by atoms with Gasteiger partial charge in [0.2, 0.25) is 0 Å². The van der Waals surface area contributed by atoms with Crippen LogP contribution in [-0.4, -0.2) is 53.5 Å². The van der Waals surface area contributed by atoms with Crippen molar-refractivity contribution in [2.45, 2.75) is 51.9 Å². The highest BCUT2D eigenvalue weighted by Crippen LogP contribution is 2.15. The van der Waals surface area contributed by atoms with Crippen LogP contribution in [0.2, 0.25) is 0 Å². The van der Waals surface area contributed by atoms with Gasteiger partial charge in [-0.1, -0.05) is 0 Å². The van der Waals surface area contributed by atoms with Crippen LogP contribution in [0.5, 0.6) is 0 Å². The fourth-order valence-electron chi connectivity index (χ4n) is 1.93. The summed E-state index contributed by atoms with van der Waals surface area (Å²) in [5.74, 6) is 0. The zero-order valence-electron chi connectivity index (χ0n) is 11.2. The lowest BCUT2D eigenvalue weighted by Gasteiger charge is -2.37. The van der Waals surface area contributed by atoms with Crippen LogP contribution in [0, 0.1) is 0 Å². The van der Waals surface area contributed by atoms with Gasteiger partial charge in [-0.2, -0.15) is 0 Å². The molecular formula is C12H24N2O3. The Hall–Kier alpha value is -0.810. The molecule has 2 unspecified atom stereocenters. The average Bonchev–Trinajstić information content (AvgIpc) is 2.14. The number of nitrogens with zero attached hydrogens (tertiary/aromatic N) is 1. The molecule has 1 aliphatic rings. The van der Waals surface area contributed by atoms with E-state index in [1.54, 1.807) is 11.8 Å². The van der Waals surface area contributed by atoms with Crippen molar-refractivity contribution < 1.29 is 14.6 Å². The predicted molar refractivity (Wildman–Crippen MR) is 65.9 cm³/mol. The predicted octanol–water partition coefficient (Wildman–Crippen LogP) is 0.966. The van der Waals surface area contributed by atoms with E-state index in [9.17, 15) is 9.90 Å². The fraction of sp³-hybridized carbons (Fsp3) is 0.917. The highest BCUT2D eigenvalue weighted by Gasteiger charge is 2.30. The molecule has 0 radical (unpaired) electrons. The number of aliphatic hydroxyl groups excluding tert-OH is 1. The molecule has 5 nitrogen and oxygen atoms in total. The number of carbonyl (C=O) groups excluding carboxylic acids is 1. The summed E-state index contributed by atoms with van der Waals surface area (Å²) in [6, 6.07) is 0.0126. The van der Waals surface area contributed by atoms with Crippen LogP contribution in [0.15, 0.2) is 0 Å². The molecular weight excluding hydrogens is 220 g/mol. The van der Waals surface area contributed by atoms with E-state index in [0.717, 1.165) is 6.54 Å². The Morgan fingerprint density at radius 3 is 2.76 bits per heavy atom. The lowest BCUT2D eigenvalue weighted by molar-refractivity contribution is 0.00629. The standard InChI is InChI=1S/C12H24N2O3/c1-9(15)7-10-8-13-5-6-14(10)11(16)17-12(2,3)4/h9-10,13,15H,5-8H2,1-4H3. The number of ether oxygens (including phenoxy) is 1. The topological polar surface area (TPSA) is 61.8 Å². The summed E-state index contributed by atoms with van der Waals surface area (Å²) in [5.41, 5.74) is -0.475. The van der Waals surface area contributed by atoms with Gasteiger partial charge >= 0.3 is 6.09 Å². The number of hydrogen-bond donors (Lipinski definition) is 2. The second-order valence-corrected chi connectivity index (χ2v) is 5.62. The average molecular weight is 244 g/mol. The largest absolute Gasteiger partial charge is 0.444 e. The van der Waals surface area contributed by atoms with Gasteiger partial charge in [-0.25, -0.2) is 4.79 Å². The molecule has 1 rings (SSSR count). The summed E-state index contributed by atoms with van der Waals surface area (Å²) >= 11 is 0. The third kappa shape index (κ3) is 4.91. The van der Waals surface area contributed by atoms with Gasteiger partial charge in [-0.15, -0.1) is 0 Å². The molecule has 0 spiro atoms. The van der Waals surface area contributed by atoms with Crippen LogP contribution in [0.3, 0.4) is 0 Å². The van der Waals surface area contributed by atoms with Crippen LogP contribution in [-0.2, 0) is 4.74 Å². The molecule has 0 saturated carbocycles. The number of piperazine rings is 1. The molecule has 2 N–H and O–H groups in total. The molecule has 1 amide bonds. The summed E-state index contributed by atoms with van der Waals surface area (Å²) in [5, 5.41) is 12.7. The van der Waals surface area contributed by atoms with Crippen LogP contribution in [0.4, 0.5) is 4.79 Å². The Morgan fingerprint density at radius 2 is 2.24 bits per heavy atom. The molecule has 5 heteroatoms. The lowest BCUT2D eigenvalue weighted by atomic mass is 10.1. The molecule has 0 aliphatic carbocycles. The summed E-state index contributed by atoms with van der Waals surface area (Å²) in [4.78, 5) is 13.7. The van der Waals surface area contributed by atoms with E-state index in [1.807, 2.05) is 20.8 Å². The Morgan fingerprint density at radius 1 is 1.59 bits per heavy atom. The van der Waals surface area contributed by atoms with E-state index in [0.29, 0.717) is 19.5 Å². The monoisotopic (exact) mass is 244 g/mol. The van der Waals surface area contributed by atoms with Crippen molar-refractivity contribution in [3.05, 3.63) is 0 Å². The summed E-state index contributed by atoms with van der Waals surface area (Å²) in [7, 11) is 0. The zero-order chi connectivity index (χ0) is 13.1. The van der Waals surface area contributed by atoms with Crippen LogP contribution in [0.1, 0.15) is 34.1 Å². The number of hydrogen-bond acceptors (Lipinski definition) is 4. The molecule has 0 aromatic rings. The molecule has 0 aromatic carbocycles. The third-order valence-electron chi connectivity index (χ3n) is 2.59. The van der Waals surface area contributed by atoms with Crippen LogP contribution in [0.25, 0.3) is 0 Å². The smallest absolute Gasteiger partial charge is 0.410 e. The van der Waals surface area contributed by atoms with Crippen LogP contribution >= 0.6 is 0 Å². The maximum Gasteiger partial charge on any atom is 0.410 e. The number of rotatable bonds is 2. The second kappa shape index (κ2) is 5.69. The maximum absolute atomic E-state index is 12.0. The van der Waals surface area contributed by atoms with E-state index in [2.05, 4.69) is 5.32 Å². The highest BCUT2D eigenvalue weighted by atomic mass is 16.6. The number of carbonyl (C=O) groups is 1. The van der Waals surface area contributed by atoms with Gasteiger partial charge < -0.3 is 20.1 Å². The van der Waals surface area contributed by atoms with E-state index in [4.69, 9.17) is 4.74 Å². The summed E-state index contributed by atoms with van der Waals surface area (Å²) in [6.07, 6.45) is -0.124. The van der Waals surface area contributed by atoms with Crippen molar-refractivity contribution in [3.63, 3.8) is 0 Å².